The molecule has 0 fully saturated rings. The van der Waals surface area contributed by atoms with E-state index in [2.05, 4.69) is 44.3 Å². The van der Waals surface area contributed by atoms with E-state index >= 15 is 0 Å². The lowest BCUT2D eigenvalue weighted by molar-refractivity contribution is 0.190. The van der Waals surface area contributed by atoms with Crippen LogP contribution < -0.4 is 5.32 Å². The number of aryl methyl sites for hydroxylation is 2. The molecule has 1 aromatic carbocycles. The number of benzene rings is 1. The summed E-state index contributed by atoms with van der Waals surface area (Å²) in [6, 6.07) is 6.77. The van der Waals surface area contributed by atoms with Crippen LogP contribution in [0.1, 0.15) is 18.1 Å². The molecule has 0 aliphatic rings. The zero-order valence-electron chi connectivity index (χ0n) is 9.42. The van der Waals surface area contributed by atoms with Gasteiger partial charge in [-0.15, -0.1) is 0 Å². The van der Waals surface area contributed by atoms with Gasteiger partial charge in [-0.3, -0.25) is 0 Å². The van der Waals surface area contributed by atoms with Crippen molar-refractivity contribution in [3.63, 3.8) is 0 Å². The number of rotatable bonds is 4. The van der Waals surface area contributed by atoms with E-state index in [1.807, 2.05) is 0 Å². The van der Waals surface area contributed by atoms with Gasteiger partial charge in [-0.25, -0.2) is 0 Å². The quantitative estimate of drug-likeness (QED) is 0.794. The Bertz CT molecular complexity index is 296. The number of nitrogens with one attached hydrogen (secondary N) is 1. The minimum atomic E-state index is 0.349. The molecule has 0 bridgehead atoms. The summed E-state index contributed by atoms with van der Waals surface area (Å²) in [4.78, 5) is 0. The highest BCUT2D eigenvalue weighted by Crippen LogP contribution is 2.16. The van der Waals surface area contributed by atoms with Crippen molar-refractivity contribution in [3.05, 3.63) is 29.3 Å². The topological polar surface area (TPSA) is 21.3 Å². The van der Waals surface area contributed by atoms with Crippen LogP contribution in [0, 0.1) is 13.8 Å². The fourth-order valence-corrected chi connectivity index (χ4v) is 1.53. The van der Waals surface area contributed by atoms with E-state index in [-0.39, 0.29) is 0 Å². The predicted molar refractivity (Wildman–Crippen MR) is 60.9 cm³/mol. The summed E-state index contributed by atoms with van der Waals surface area (Å²) in [5.41, 5.74) is 3.78. The van der Waals surface area contributed by atoms with Crippen LogP contribution in [0.2, 0.25) is 0 Å². The fraction of sp³-hybridized carbons (Fsp3) is 0.500. The standard InChI is InChI=1S/C12H19NO/c1-9-5-6-12(10(2)7-9)13-11(3)8-14-4/h5-7,11,13H,8H2,1-4H3. The van der Waals surface area contributed by atoms with E-state index in [0.717, 1.165) is 6.61 Å². The van der Waals surface area contributed by atoms with Gasteiger partial charge in [0.25, 0.3) is 0 Å². The average molecular weight is 193 g/mol. The highest BCUT2D eigenvalue weighted by molar-refractivity contribution is 5.52. The zero-order valence-corrected chi connectivity index (χ0v) is 9.42. The van der Waals surface area contributed by atoms with Crippen LogP contribution in [0.4, 0.5) is 5.69 Å². The highest BCUT2D eigenvalue weighted by Gasteiger charge is 2.03. The minimum Gasteiger partial charge on any atom is -0.383 e. The molecule has 1 aromatic rings. The lowest BCUT2D eigenvalue weighted by Crippen LogP contribution is -2.21. The molecule has 1 N–H and O–H groups in total. The van der Waals surface area contributed by atoms with Gasteiger partial charge in [-0.1, -0.05) is 17.7 Å². The molecule has 0 spiro atoms. The van der Waals surface area contributed by atoms with E-state index in [0.29, 0.717) is 6.04 Å². The van der Waals surface area contributed by atoms with Gasteiger partial charge in [0.05, 0.1) is 6.61 Å². The van der Waals surface area contributed by atoms with Crippen LogP contribution in [0.5, 0.6) is 0 Å². The maximum Gasteiger partial charge on any atom is 0.0661 e. The number of hydrogen-bond acceptors (Lipinski definition) is 2. The molecule has 0 aliphatic heterocycles. The molecule has 0 heterocycles. The molecule has 0 saturated carbocycles. The Balaban J connectivity index is 2.67. The molecule has 0 radical (unpaired) electrons. The lowest BCUT2D eigenvalue weighted by atomic mass is 10.1. The van der Waals surface area contributed by atoms with E-state index < -0.39 is 0 Å². The largest absolute Gasteiger partial charge is 0.383 e. The number of methoxy groups -OCH3 is 1. The Kier molecular flexibility index (Phi) is 3.96. The lowest BCUT2D eigenvalue weighted by Gasteiger charge is -2.16. The number of anilines is 1. The SMILES string of the molecule is COCC(C)Nc1ccc(C)cc1C. The van der Waals surface area contributed by atoms with E-state index in [9.17, 15) is 0 Å². The molecular formula is C12H19NO. The fourth-order valence-electron chi connectivity index (χ4n) is 1.53. The Hall–Kier alpha value is -1.02. The summed E-state index contributed by atoms with van der Waals surface area (Å²) in [7, 11) is 1.72. The van der Waals surface area contributed by atoms with Crippen molar-refractivity contribution >= 4 is 5.69 Å². The van der Waals surface area contributed by atoms with Gasteiger partial charge in [0.1, 0.15) is 0 Å². The van der Waals surface area contributed by atoms with Gasteiger partial charge in [0.15, 0.2) is 0 Å². The molecular weight excluding hydrogens is 174 g/mol. The van der Waals surface area contributed by atoms with Crippen molar-refractivity contribution < 1.29 is 4.74 Å². The zero-order chi connectivity index (χ0) is 10.6. The van der Waals surface area contributed by atoms with Crippen molar-refractivity contribution in [1.29, 1.82) is 0 Å². The van der Waals surface area contributed by atoms with E-state index in [1.54, 1.807) is 7.11 Å². The first-order valence-corrected chi connectivity index (χ1v) is 4.96. The van der Waals surface area contributed by atoms with Gasteiger partial charge >= 0.3 is 0 Å². The van der Waals surface area contributed by atoms with Gasteiger partial charge in [-0.05, 0) is 32.4 Å². The van der Waals surface area contributed by atoms with Crippen molar-refractivity contribution in [1.82, 2.24) is 0 Å². The summed E-state index contributed by atoms with van der Waals surface area (Å²) in [5, 5.41) is 3.41. The highest BCUT2D eigenvalue weighted by atomic mass is 16.5. The van der Waals surface area contributed by atoms with Gasteiger partial charge in [0.2, 0.25) is 0 Å². The molecule has 0 aromatic heterocycles. The summed E-state index contributed by atoms with van der Waals surface area (Å²) < 4.78 is 5.08. The van der Waals surface area contributed by atoms with Crippen molar-refractivity contribution in [2.45, 2.75) is 26.8 Å². The molecule has 78 valence electrons. The van der Waals surface area contributed by atoms with Crippen LogP contribution in [0.3, 0.4) is 0 Å². The molecule has 14 heavy (non-hydrogen) atoms. The Morgan fingerprint density at radius 1 is 1.36 bits per heavy atom. The molecule has 1 rings (SSSR count). The van der Waals surface area contributed by atoms with Gasteiger partial charge in [-0.2, -0.15) is 0 Å². The van der Waals surface area contributed by atoms with E-state index in [4.69, 9.17) is 4.74 Å². The monoisotopic (exact) mass is 193 g/mol. The first-order chi connectivity index (χ1) is 6.63. The molecule has 1 unspecified atom stereocenters. The smallest absolute Gasteiger partial charge is 0.0661 e. The van der Waals surface area contributed by atoms with Crippen molar-refractivity contribution in [3.8, 4) is 0 Å². The second-order valence-corrected chi connectivity index (χ2v) is 3.82. The molecule has 1 atom stereocenters. The van der Waals surface area contributed by atoms with E-state index in [1.165, 1.54) is 16.8 Å². The normalized spacial score (nSPS) is 12.6. The van der Waals surface area contributed by atoms with Crippen LogP contribution in [0.25, 0.3) is 0 Å². The Morgan fingerprint density at radius 2 is 2.07 bits per heavy atom. The minimum absolute atomic E-state index is 0.349. The van der Waals surface area contributed by atoms with Crippen LogP contribution in [-0.2, 0) is 4.74 Å². The first kappa shape index (κ1) is 11.1. The molecule has 0 saturated heterocycles. The second kappa shape index (κ2) is 5.01. The molecule has 0 amide bonds. The summed E-state index contributed by atoms with van der Waals surface area (Å²) in [5.74, 6) is 0. The van der Waals surface area contributed by atoms with Gasteiger partial charge in [0, 0.05) is 18.8 Å². The predicted octanol–water partition coefficient (Wildman–Crippen LogP) is 2.75. The molecule has 2 heteroatoms. The summed E-state index contributed by atoms with van der Waals surface area (Å²) in [6.45, 7) is 7.07. The molecule has 2 nitrogen and oxygen atoms in total. The van der Waals surface area contributed by atoms with Crippen molar-refractivity contribution in [2.24, 2.45) is 0 Å². The van der Waals surface area contributed by atoms with Gasteiger partial charge < -0.3 is 10.1 Å². The number of hydrogen-bond donors (Lipinski definition) is 1. The van der Waals surface area contributed by atoms with Crippen molar-refractivity contribution in [2.75, 3.05) is 19.0 Å². The van der Waals surface area contributed by atoms with Crippen LogP contribution >= 0.6 is 0 Å². The van der Waals surface area contributed by atoms with Crippen LogP contribution in [0.15, 0.2) is 18.2 Å². The second-order valence-electron chi connectivity index (χ2n) is 3.82. The third kappa shape index (κ3) is 3.04. The van der Waals surface area contributed by atoms with Crippen LogP contribution in [-0.4, -0.2) is 19.8 Å². The molecule has 0 aliphatic carbocycles. The first-order valence-electron chi connectivity index (χ1n) is 4.96. The third-order valence-corrected chi connectivity index (χ3v) is 2.20. The summed E-state index contributed by atoms with van der Waals surface area (Å²) in [6.07, 6.45) is 0. The Morgan fingerprint density at radius 3 is 2.64 bits per heavy atom. The number of ether oxygens (including phenoxy) is 1. The maximum absolute atomic E-state index is 5.08. The maximum atomic E-state index is 5.08. The Labute approximate surface area is 86.3 Å². The average Bonchev–Trinajstić information content (AvgIpc) is 2.10. The summed E-state index contributed by atoms with van der Waals surface area (Å²) >= 11 is 0. The third-order valence-electron chi connectivity index (χ3n) is 2.20.